The van der Waals surface area contributed by atoms with E-state index in [0.717, 1.165) is 51.5 Å². The quantitative estimate of drug-likeness (QED) is 0.127. The molecule has 19 heteroatoms. The van der Waals surface area contributed by atoms with Crippen LogP contribution in [0, 0.1) is 0 Å². The second-order valence-corrected chi connectivity index (χ2v) is 25.8. The van der Waals surface area contributed by atoms with E-state index in [4.69, 9.17) is 27.9 Å². The second kappa shape index (κ2) is 22.3. The van der Waals surface area contributed by atoms with Crippen molar-refractivity contribution in [1.82, 2.24) is 19.1 Å². The molecule has 372 valence electrons. The summed E-state index contributed by atoms with van der Waals surface area (Å²) in [5.41, 5.74) is 5.29. The summed E-state index contributed by atoms with van der Waals surface area (Å²) < 4.78 is 41.8. The molecule has 7 heterocycles. The summed E-state index contributed by atoms with van der Waals surface area (Å²) in [4.78, 5) is 9.24. The molecular weight excluding hydrogens is 1040 g/mol. The number of hydrogen-bond acceptors (Lipinski definition) is 8. The first-order valence-corrected chi connectivity index (χ1v) is 31.7. The SMILES string of the molecule is Brc1cccc(-n2c3ccccc3c3cccnc32)c1.CC1(C)OB(B2OC(C)(C)C(C)(C)O2)OC1(C)C.CC1(C)OB(c2cccc(-n3c4ccccc4c4cccnc43)c2)OC1(C)C.PP.PPP. The van der Waals surface area contributed by atoms with Crippen molar-refractivity contribution < 1.29 is 27.9 Å². The van der Waals surface area contributed by atoms with Crippen molar-refractivity contribution >= 4 is 130 Å². The lowest BCUT2D eigenvalue weighted by Crippen LogP contribution is -2.41. The van der Waals surface area contributed by atoms with Gasteiger partial charge in [-0.2, -0.15) is 0 Å². The van der Waals surface area contributed by atoms with Crippen LogP contribution >= 0.6 is 59.6 Å². The van der Waals surface area contributed by atoms with Crippen molar-refractivity contribution in [3.05, 3.63) is 138 Å². The zero-order valence-corrected chi connectivity index (χ0v) is 50.1. The fraction of sp³-hybridized carbons (Fsp3) is 0.346. The monoisotopic (exact) mass is 1110 g/mol. The molecule has 0 amide bonds. The summed E-state index contributed by atoms with van der Waals surface area (Å²) in [5, 5.41) is 4.77. The molecule has 4 atom stereocenters. The van der Waals surface area contributed by atoms with Gasteiger partial charge in [-0.3, -0.25) is 9.13 Å². The van der Waals surface area contributed by atoms with Crippen LogP contribution in [0.25, 0.3) is 55.2 Å². The Morgan fingerprint density at radius 3 is 1.21 bits per heavy atom. The summed E-state index contributed by atoms with van der Waals surface area (Å²) >= 11 is 3.54. The van der Waals surface area contributed by atoms with Crippen molar-refractivity contribution in [2.45, 2.75) is 117 Å². The Hall–Kier alpha value is -2.64. The van der Waals surface area contributed by atoms with E-state index in [9.17, 15) is 0 Å². The number of hydrogen-bond donors (Lipinski definition) is 0. The Morgan fingerprint density at radius 1 is 0.451 bits per heavy atom. The van der Waals surface area contributed by atoms with Crippen molar-refractivity contribution in [2.24, 2.45) is 0 Å². The van der Waals surface area contributed by atoms with E-state index < -0.39 is 14.0 Å². The molecule has 0 aliphatic carbocycles. The minimum atomic E-state index is -0.476. The number of rotatable bonds is 4. The van der Waals surface area contributed by atoms with Gasteiger partial charge in [-0.25, -0.2) is 9.97 Å². The van der Waals surface area contributed by atoms with Crippen LogP contribution in [0.5, 0.6) is 0 Å². The highest BCUT2D eigenvalue weighted by Crippen LogP contribution is 2.43. The molecule has 0 N–H and O–H groups in total. The second-order valence-electron chi connectivity index (χ2n) is 20.5. The van der Waals surface area contributed by atoms with Gasteiger partial charge in [-0.1, -0.05) is 78.5 Å². The normalized spacial score (nSPS) is 18.8. The smallest absolute Gasteiger partial charge is 0.405 e. The van der Waals surface area contributed by atoms with Crippen LogP contribution in [0.2, 0.25) is 0 Å². The molecule has 3 fully saturated rings. The lowest BCUT2D eigenvalue weighted by Gasteiger charge is -2.32. The third-order valence-electron chi connectivity index (χ3n) is 14.4. The number of pyridine rings is 2. The highest BCUT2D eigenvalue weighted by molar-refractivity contribution is 9.10. The number of benzene rings is 4. The molecule has 8 aromatic rings. The first-order chi connectivity index (χ1) is 33.5. The molecule has 3 aliphatic heterocycles. The maximum absolute atomic E-state index is 6.25. The van der Waals surface area contributed by atoms with Gasteiger partial charge in [0, 0.05) is 49.8 Å². The lowest BCUT2D eigenvalue weighted by molar-refractivity contribution is 0.00578. The number of aromatic nitrogens is 4. The predicted molar refractivity (Wildman–Crippen MR) is 320 cm³/mol. The van der Waals surface area contributed by atoms with Gasteiger partial charge in [0.15, 0.2) is 0 Å². The first-order valence-electron chi connectivity index (χ1n) is 23.6. The highest BCUT2D eigenvalue weighted by atomic mass is 79.9. The van der Waals surface area contributed by atoms with Gasteiger partial charge in [0.25, 0.3) is 0 Å². The van der Waals surface area contributed by atoms with Crippen LogP contribution in [0.3, 0.4) is 0 Å². The molecule has 0 spiro atoms. The summed E-state index contributed by atoms with van der Waals surface area (Å²) in [6.07, 6.45) is 3.69. The standard InChI is InChI=1S/C23H23BN2O2.C17H11BrN2.C12H24B2O4.H5P3.H4P2/c1-22(2)23(3,4)28-24(27-22)16-9-7-10-17(15-16)26-20-13-6-5-11-18(20)19-12-8-14-25-21(19)26;18-12-5-3-6-13(11-12)20-16-9-2-1-7-14(16)15-8-4-10-19-17(15)20;1-9(2)10(3,4)16-13(15-9)14-17-11(5,6)12(7,8)18-14;1-3-2;1-2/h5-15H,1-4H3;1-11H;1-8H3;3H,1-2H2;1-2H2. The summed E-state index contributed by atoms with van der Waals surface area (Å²) in [5.74, 6) is 0. The van der Waals surface area contributed by atoms with Gasteiger partial charge in [-0.15, -0.1) is 35.7 Å². The number of para-hydroxylation sites is 2. The fourth-order valence-electron chi connectivity index (χ4n) is 8.52. The number of nitrogens with zero attached hydrogens (tertiary/aromatic N) is 4. The summed E-state index contributed by atoms with van der Waals surface area (Å²) in [6, 6.07) is 41.7. The molecule has 11 rings (SSSR count). The topological polar surface area (TPSA) is 91.0 Å². The maximum Gasteiger partial charge on any atom is 0.494 e. The van der Waals surface area contributed by atoms with Gasteiger partial charge in [0.1, 0.15) is 11.3 Å². The molecule has 10 nitrogen and oxygen atoms in total. The lowest BCUT2D eigenvalue weighted by atomic mass is 9.49. The minimum Gasteiger partial charge on any atom is -0.405 e. The molecule has 4 aromatic carbocycles. The van der Waals surface area contributed by atoms with Gasteiger partial charge >= 0.3 is 21.1 Å². The average Bonchev–Trinajstić information content (AvgIpc) is 4.04. The minimum absolute atomic E-state index is 0.359. The van der Waals surface area contributed by atoms with Crippen molar-refractivity contribution in [3.63, 3.8) is 0 Å². The van der Waals surface area contributed by atoms with Crippen molar-refractivity contribution in [2.75, 3.05) is 0 Å². The maximum atomic E-state index is 6.25. The highest BCUT2D eigenvalue weighted by Gasteiger charge is 2.63. The van der Waals surface area contributed by atoms with Crippen LogP contribution in [-0.2, 0) is 27.9 Å². The van der Waals surface area contributed by atoms with Crippen LogP contribution in [-0.4, -0.2) is 73.8 Å². The molecule has 4 unspecified atom stereocenters. The van der Waals surface area contributed by atoms with E-state index in [1.54, 1.807) is 0 Å². The third-order valence-corrected chi connectivity index (χ3v) is 14.8. The first kappa shape index (κ1) is 56.1. The van der Waals surface area contributed by atoms with Crippen molar-refractivity contribution in [3.8, 4) is 11.4 Å². The van der Waals surface area contributed by atoms with Crippen LogP contribution in [0.4, 0.5) is 0 Å². The van der Waals surface area contributed by atoms with Crippen molar-refractivity contribution in [1.29, 1.82) is 0 Å². The molecule has 0 bridgehead atoms. The van der Waals surface area contributed by atoms with Gasteiger partial charge in [0.05, 0.1) is 44.6 Å². The average molecular weight is 1110 g/mol. The van der Waals surface area contributed by atoms with Gasteiger partial charge in [0.2, 0.25) is 0 Å². The fourth-order valence-corrected chi connectivity index (χ4v) is 8.91. The molecule has 4 aromatic heterocycles. The van der Waals surface area contributed by atoms with Crippen LogP contribution in [0.15, 0.2) is 138 Å². The largest absolute Gasteiger partial charge is 0.494 e. The Balaban J connectivity index is 0.000000154. The number of fused-ring (bicyclic) bond motifs is 6. The number of halogens is 1. The Bertz CT molecular complexity index is 2950. The van der Waals surface area contributed by atoms with E-state index in [2.05, 4.69) is 196 Å². The van der Waals surface area contributed by atoms with E-state index >= 15 is 0 Å². The molecular formula is C52H67B3BrN4O6P5. The molecule has 3 saturated heterocycles. The zero-order chi connectivity index (χ0) is 51.7. The van der Waals surface area contributed by atoms with E-state index in [1.165, 1.54) is 21.7 Å². The van der Waals surface area contributed by atoms with Gasteiger partial charge in [-0.05, 0) is 155 Å². The molecule has 0 radical (unpaired) electrons. The van der Waals surface area contributed by atoms with E-state index in [-0.39, 0.29) is 40.7 Å². The summed E-state index contributed by atoms with van der Waals surface area (Å²) in [6.45, 7) is 24.5. The summed E-state index contributed by atoms with van der Waals surface area (Å²) in [7, 11) is 9.39. The van der Waals surface area contributed by atoms with Crippen LogP contribution < -0.4 is 5.46 Å². The zero-order valence-electron chi connectivity index (χ0n) is 42.9. The Morgan fingerprint density at radius 2 is 0.803 bits per heavy atom. The van der Waals surface area contributed by atoms with Crippen LogP contribution in [0.1, 0.15) is 83.1 Å². The predicted octanol–water partition coefficient (Wildman–Crippen LogP) is 13.6. The van der Waals surface area contributed by atoms with E-state index in [1.807, 2.05) is 92.0 Å². The third kappa shape index (κ3) is 11.5. The molecule has 0 saturated carbocycles. The molecule has 71 heavy (non-hydrogen) atoms. The molecule has 3 aliphatic rings. The Kier molecular flexibility index (Phi) is 17.6. The van der Waals surface area contributed by atoms with Gasteiger partial charge < -0.3 is 27.9 Å². The Labute approximate surface area is 440 Å². The van der Waals surface area contributed by atoms with E-state index in [0.29, 0.717) is 0 Å².